The van der Waals surface area contributed by atoms with Crippen LogP contribution in [0.3, 0.4) is 0 Å². The summed E-state index contributed by atoms with van der Waals surface area (Å²) in [7, 11) is 0. The Kier molecular flexibility index (Phi) is 4.55. The topological polar surface area (TPSA) is 92.0 Å². The molecule has 0 aliphatic carbocycles. The first kappa shape index (κ1) is 17.9. The van der Waals surface area contributed by atoms with Gasteiger partial charge in [-0.15, -0.1) is 11.3 Å². The van der Waals surface area contributed by atoms with Gasteiger partial charge in [0, 0.05) is 34.5 Å². The lowest BCUT2D eigenvalue weighted by atomic mass is 9.93. The number of aliphatic hydroxyl groups is 1. The molecule has 3 heterocycles. The normalized spacial score (nSPS) is 12.7. The second kappa shape index (κ2) is 6.88. The summed E-state index contributed by atoms with van der Waals surface area (Å²) >= 11 is 1.45. The van der Waals surface area contributed by atoms with Crippen LogP contribution >= 0.6 is 11.3 Å². The zero-order valence-corrected chi connectivity index (χ0v) is 16.1. The number of hydrogen-bond acceptors (Lipinski definition) is 5. The molecular weight excluding hydrogens is 358 g/mol. The highest BCUT2D eigenvalue weighted by Crippen LogP contribution is 2.36. The first-order chi connectivity index (χ1) is 13.0. The molecule has 138 valence electrons. The minimum absolute atomic E-state index is 0.0284. The fourth-order valence-electron chi connectivity index (χ4n) is 3.72. The summed E-state index contributed by atoms with van der Waals surface area (Å²) in [6.45, 7) is 4.35. The maximum absolute atomic E-state index is 12.4. The summed E-state index contributed by atoms with van der Waals surface area (Å²) in [6.07, 6.45) is 0. The van der Waals surface area contributed by atoms with E-state index in [-0.39, 0.29) is 18.1 Å². The molecule has 4 N–H and O–H groups in total. The number of fused-ring (bicyclic) bond motifs is 3. The molecular formula is C21H21N3O2S. The van der Waals surface area contributed by atoms with Crippen LogP contribution in [0.25, 0.3) is 32.1 Å². The van der Waals surface area contributed by atoms with Crippen LogP contribution in [0, 0.1) is 13.8 Å². The smallest absolute Gasteiger partial charge is 0.266 e. The second-order valence-corrected chi connectivity index (χ2v) is 7.68. The predicted molar refractivity (Wildman–Crippen MR) is 112 cm³/mol. The Hall–Kier alpha value is -2.54. The molecule has 1 aromatic carbocycles. The van der Waals surface area contributed by atoms with Gasteiger partial charge in [0.2, 0.25) is 0 Å². The summed E-state index contributed by atoms with van der Waals surface area (Å²) in [5.41, 5.74) is 11.3. The number of nitrogens with two attached hydrogens (primary N) is 1. The molecule has 0 bridgehead atoms. The number of pyridine rings is 2. The summed E-state index contributed by atoms with van der Waals surface area (Å²) in [5.74, 6) is -0.0621. The summed E-state index contributed by atoms with van der Waals surface area (Å²) in [6, 6.07) is 10.1. The largest absolute Gasteiger partial charge is 0.396 e. The molecule has 4 aromatic rings. The number of aromatic amines is 1. The zero-order valence-electron chi connectivity index (χ0n) is 15.2. The van der Waals surface area contributed by atoms with Crippen molar-refractivity contribution in [1.29, 1.82) is 0 Å². The Bertz CT molecular complexity index is 1190. The summed E-state index contributed by atoms with van der Waals surface area (Å²) < 4.78 is 0.730. The first-order valence-corrected chi connectivity index (χ1v) is 9.74. The molecule has 0 aliphatic rings. The Balaban J connectivity index is 2.02. The van der Waals surface area contributed by atoms with Crippen LogP contribution in [0.1, 0.15) is 22.9 Å². The van der Waals surface area contributed by atoms with Crippen molar-refractivity contribution >= 4 is 32.3 Å². The molecule has 0 fully saturated rings. The number of rotatable bonds is 4. The number of aromatic nitrogens is 2. The summed E-state index contributed by atoms with van der Waals surface area (Å²) in [5, 5.41) is 13.4. The maximum atomic E-state index is 12.4. The van der Waals surface area contributed by atoms with E-state index in [1.165, 1.54) is 11.3 Å². The monoisotopic (exact) mass is 379 g/mol. The fourth-order valence-corrected chi connectivity index (χ4v) is 4.51. The van der Waals surface area contributed by atoms with Crippen LogP contribution in [0.5, 0.6) is 0 Å². The van der Waals surface area contributed by atoms with Gasteiger partial charge < -0.3 is 15.8 Å². The van der Waals surface area contributed by atoms with E-state index in [9.17, 15) is 9.90 Å². The van der Waals surface area contributed by atoms with Crippen molar-refractivity contribution < 1.29 is 5.11 Å². The van der Waals surface area contributed by atoms with Crippen LogP contribution in [0.4, 0.5) is 0 Å². The van der Waals surface area contributed by atoms with E-state index in [0.717, 1.165) is 49.1 Å². The lowest BCUT2D eigenvalue weighted by Crippen LogP contribution is -2.15. The highest BCUT2D eigenvalue weighted by molar-refractivity contribution is 7.17. The number of H-pyrrole nitrogens is 1. The number of benzene rings is 1. The standard InChI is InChI=1S/C21H21N3O2S/c1-11-17(14-5-3-13(4-6-14)15(9-22)10-25)18-16-7-8-27-20(16)21(26)24-19(18)12(2)23-11/h3-8,15,25H,9-10,22H2,1-2H3,(H,24,26)/t15-/m1/s1. The first-order valence-electron chi connectivity index (χ1n) is 8.86. The minimum atomic E-state index is -0.0729. The van der Waals surface area contributed by atoms with Gasteiger partial charge >= 0.3 is 0 Å². The van der Waals surface area contributed by atoms with Crippen molar-refractivity contribution in [3.63, 3.8) is 0 Å². The van der Waals surface area contributed by atoms with Gasteiger partial charge in [-0.25, -0.2) is 0 Å². The average Bonchev–Trinajstić information content (AvgIpc) is 3.15. The van der Waals surface area contributed by atoms with E-state index in [4.69, 9.17) is 5.73 Å². The molecule has 27 heavy (non-hydrogen) atoms. The molecule has 0 saturated heterocycles. The Morgan fingerprint density at radius 2 is 1.93 bits per heavy atom. The quantitative estimate of drug-likeness (QED) is 0.506. The van der Waals surface area contributed by atoms with Crippen LogP contribution in [-0.2, 0) is 0 Å². The molecule has 3 aromatic heterocycles. The SMILES string of the molecule is Cc1nc(C)c2[nH]c(=O)c3sccc3c2c1-c1ccc([C@H](CN)CO)cc1. The third-order valence-electron chi connectivity index (χ3n) is 5.11. The molecule has 0 aliphatic heterocycles. The maximum Gasteiger partial charge on any atom is 0.266 e. The van der Waals surface area contributed by atoms with E-state index in [1.54, 1.807) is 0 Å². The van der Waals surface area contributed by atoms with Crippen LogP contribution < -0.4 is 11.3 Å². The molecule has 4 rings (SSSR count). The van der Waals surface area contributed by atoms with E-state index in [2.05, 4.69) is 9.97 Å². The van der Waals surface area contributed by atoms with Gasteiger partial charge in [0.1, 0.15) is 4.70 Å². The van der Waals surface area contributed by atoms with Crippen molar-refractivity contribution in [2.75, 3.05) is 13.2 Å². The van der Waals surface area contributed by atoms with Gasteiger partial charge in [0.25, 0.3) is 5.56 Å². The van der Waals surface area contributed by atoms with E-state index in [0.29, 0.717) is 6.54 Å². The number of hydrogen-bond donors (Lipinski definition) is 3. The van der Waals surface area contributed by atoms with Gasteiger partial charge in [-0.1, -0.05) is 24.3 Å². The van der Waals surface area contributed by atoms with Gasteiger partial charge in [-0.05, 0) is 36.4 Å². The molecule has 0 amide bonds. The second-order valence-electron chi connectivity index (χ2n) is 6.76. The average molecular weight is 379 g/mol. The van der Waals surface area contributed by atoms with Gasteiger partial charge in [0.05, 0.1) is 17.8 Å². The van der Waals surface area contributed by atoms with Crippen LogP contribution in [-0.4, -0.2) is 28.2 Å². The third kappa shape index (κ3) is 2.86. The van der Waals surface area contributed by atoms with E-state index >= 15 is 0 Å². The number of nitrogens with one attached hydrogen (secondary N) is 1. The lowest BCUT2D eigenvalue weighted by Gasteiger charge is -2.15. The van der Waals surface area contributed by atoms with Crippen molar-refractivity contribution in [2.24, 2.45) is 5.73 Å². The van der Waals surface area contributed by atoms with Crippen LogP contribution in [0.15, 0.2) is 40.5 Å². The lowest BCUT2D eigenvalue weighted by molar-refractivity contribution is 0.268. The van der Waals surface area contributed by atoms with Gasteiger partial charge in [-0.3, -0.25) is 9.78 Å². The van der Waals surface area contributed by atoms with Crippen molar-refractivity contribution in [3.8, 4) is 11.1 Å². The Labute approximate surface area is 160 Å². The number of nitrogens with zero attached hydrogens (tertiary/aromatic N) is 1. The van der Waals surface area contributed by atoms with Crippen molar-refractivity contribution in [3.05, 3.63) is 63.0 Å². The Morgan fingerprint density at radius 3 is 2.59 bits per heavy atom. The molecule has 0 saturated carbocycles. The van der Waals surface area contributed by atoms with E-state index in [1.807, 2.05) is 49.6 Å². The van der Waals surface area contributed by atoms with Crippen molar-refractivity contribution in [1.82, 2.24) is 9.97 Å². The summed E-state index contributed by atoms with van der Waals surface area (Å²) in [4.78, 5) is 20.1. The van der Waals surface area contributed by atoms with Gasteiger partial charge in [-0.2, -0.15) is 0 Å². The highest BCUT2D eigenvalue weighted by Gasteiger charge is 2.17. The third-order valence-corrected chi connectivity index (χ3v) is 6.03. The molecule has 0 unspecified atom stereocenters. The molecule has 6 heteroatoms. The number of thiophene rings is 1. The van der Waals surface area contributed by atoms with Gasteiger partial charge in [0.15, 0.2) is 0 Å². The number of aryl methyl sites for hydroxylation is 2. The predicted octanol–water partition coefficient (Wildman–Crippen LogP) is 3.46. The molecule has 0 spiro atoms. The van der Waals surface area contributed by atoms with Crippen LogP contribution in [0.2, 0.25) is 0 Å². The highest BCUT2D eigenvalue weighted by atomic mass is 32.1. The van der Waals surface area contributed by atoms with Crippen molar-refractivity contribution in [2.45, 2.75) is 19.8 Å². The zero-order chi connectivity index (χ0) is 19.1. The molecule has 0 radical (unpaired) electrons. The number of aliphatic hydroxyl groups excluding tert-OH is 1. The Morgan fingerprint density at radius 1 is 1.19 bits per heavy atom. The fraction of sp³-hybridized carbons (Fsp3) is 0.238. The molecule has 1 atom stereocenters. The minimum Gasteiger partial charge on any atom is -0.396 e. The molecule has 5 nitrogen and oxygen atoms in total. The van der Waals surface area contributed by atoms with E-state index < -0.39 is 0 Å².